The molecule has 0 bridgehead atoms. The first-order valence-corrected chi connectivity index (χ1v) is 5.57. The molecular formula is C11H8BrN3O2. The summed E-state index contributed by atoms with van der Waals surface area (Å²) in [6.45, 7) is 0. The number of halogens is 1. The maximum atomic E-state index is 10.6. The van der Waals surface area contributed by atoms with Crippen LogP contribution in [0.25, 0.3) is 0 Å². The fourth-order valence-corrected chi connectivity index (χ4v) is 1.71. The second-order valence-electron chi connectivity index (χ2n) is 3.29. The highest BCUT2D eigenvalue weighted by Gasteiger charge is 2.06. The second-order valence-corrected chi connectivity index (χ2v) is 4.21. The lowest BCUT2D eigenvalue weighted by Crippen LogP contribution is -1.95. The molecule has 0 aliphatic rings. The molecule has 1 aromatic heterocycles. The fourth-order valence-electron chi connectivity index (χ4n) is 1.32. The molecule has 1 aromatic carbocycles. The summed E-state index contributed by atoms with van der Waals surface area (Å²) in [7, 11) is 0. The Bertz CT molecular complexity index is 560. The van der Waals surface area contributed by atoms with E-state index in [1.54, 1.807) is 0 Å². The standard InChI is InChI=1S/C11H8BrN3O2/c12-8-2-1-3-9(6-8)14-11-7-10(15(16)17)4-5-13-11/h1-7H,(H,13,14). The van der Waals surface area contributed by atoms with Crippen molar-refractivity contribution in [2.24, 2.45) is 0 Å². The molecule has 0 radical (unpaired) electrons. The van der Waals surface area contributed by atoms with Crippen molar-refractivity contribution in [3.05, 3.63) is 57.2 Å². The zero-order valence-corrected chi connectivity index (χ0v) is 10.2. The van der Waals surface area contributed by atoms with E-state index in [0.717, 1.165) is 10.2 Å². The first-order valence-electron chi connectivity index (χ1n) is 4.78. The first kappa shape index (κ1) is 11.5. The van der Waals surface area contributed by atoms with Gasteiger partial charge in [-0.25, -0.2) is 4.98 Å². The van der Waals surface area contributed by atoms with Crippen molar-refractivity contribution in [2.75, 3.05) is 5.32 Å². The molecule has 0 unspecified atom stereocenters. The minimum atomic E-state index is -0.451. The Kier molecular flexibility index (Phi) is 3.34. The van der Waals surface area contributed by atoms with E-state index in [-0.39, 0.29) is 5.69 Å². The number of rotatable bonds is 3. The van der Waals surface area contributed by atoms with Gasteiger partial charge in [-0.2, -0.15) is 0 Å². The highest BCUT2D eigenvalue weighted by molar-refractivity contribution is 9.10. The molecule has 0 spiro atoms. The van der Waals surface area contributed by atoms with Gasteiger partial charge >= 0.3 is 0 Å². The van der Waals surface area contributed by atoms with Gasteiger partial charge in [-0.3, -0.25) is 10.1 Å². The van der Waals surface area contributed by atoms with Gasteiger partial charge in [0.05, 0.1) is 11.0 Å². The second kappa shape index (κ2) is 4.92. The Morgan fingerprint density at radius 2 is 2.12 bits per heavy atom. The van der Waals surface area contributed by atoms with Crippen molar-refractivity contribution < 1.29 is 4.92 Å². The van der Waals surface area contributed by atoms with Crippen LogP contribution in [0.3, 0.4) is 0 Å². The van der Waals surface area contributed by atoms with Gasteiger partial charge in [0.2, 0.25) is 0 Å². The van der Waals surface area contributed by atoms with E-state index in [4.69, 9.17) is 0 Å². The Balaban J connectivity index is 2.24. The topological polar surface area (TPSA) is 68.1 Å². The number of anilines is 2. The zero-order valence-electron chi connectivity index (χ0n) is 8.63. The van der Waals surface area contributed by atoms with Gasteiger partial charge in [0.15, 0.2) is 0 Å². The molecule has 0 saturated carbocycles. The third kappa shape index (κ3) is 3.01. The maximum Gasteiger partial charge on any atom is 0.274 e. The molecule has 2 aromatic rings. The molecule has 0 aliphatic carbocycles. The molecule has 0 fully saturated rings. The molecular weight excluding hydrogens is 286 g/mol. The van der Waals surface area contributed by atoms with Crippen molar-refractivity contribution >= 4 is 33.1 Å². The minimum Gasteiger partial charge on any atom is -0.340 e. The predicted molar refractivity (Wildman–Crippen MR) is 68.3 cm³/mol. The monoisotopic (exact) mass is 293 g/mol. The lowest BCUT2D eigenvalue weighted by Gasteiger charge is -2.05. The predicted octanol–water partition coefficient (Wildman–Crippen LogP) is 3.50. The quantitative estimate of drug-likeness (QED) is 0.695. The largest absolute Gasteiger partial charge is 0.340 e. The number of nitrogens with one attached hydrogen (secondary N) is 1. The van der Waals surface area contributed by atoms with Gasteiger partial charge < -0.3 is 5.32 Å². The van der Waals surface area contributed by atoms with Crippen LogP contribution < -0.4 is 5.32 Å². The highest BCUT2D eigenvalue weighted by Crippen LogP contribution is 2.21. The smallest absolute Gasteiger partial charge is 0.274 e. The molecule has 0 amide bonds. The van der Waals surface area contributed by atoms with Crippen LogP contribution in [0.4, 0.5) is 17.2 Å². The molecule has 1 heterocycles. The average molecular weight is 294 g/mol. The van der Waals surface area contributed by atoms with Crippen molar-refractivity contribution in [1.29, 1.82) is 0 Å². The van der Waals surface area contributed by atoms with Crippen molar-refractivity contribution in [1.82, 2.24) is 4.98 Å². The van der Waals surface area contributed by atoms with Crippen LogP contribution in [0.5, 0.6) is 0 Å². The number of nitro groups is 1. The molecule has 2 rings (SSSR count). The summed E-state index contributed by atoms with van der Waals surface area (Å²) in [4.78, 5) is 14.2. The Hall–Kier alpha value is -1.95. The summed E-state index contributed by atoms with van der Waals surface area (Å²) in [5.41, 5.74) is 0.824. The summed E-state index contributed by atoms with van der Waals surface area (Å²) in [5, 5.41) is 13.6. The van der Waals surface area contributed by atoms with Gasteiger partial charge in [-0.15, -0.1) is 0 Å². The molecule has 17 heavy (non-hydrogen) atoms. The fraction of sp³-hybridized carbons (Fsp3) is 0. The lowest BCUT2D eigenvalue weighted by molar-refractivity contribution is -0.384. The van der Waals surface area contributed by atoms with Crippen LogP contribution in [0.1, 0.15) is 0 Å². The van der Waals surface area contributed by atoms with Crippen LogP contribution in [-0.4, -0.2) is 9.91 Å². The van der Waals surface area contributed by atoms with Crippen LogP contribution >= 0.6 is 15.9 Å². The number of aromatic nitrogens is 1. The Morgan fingerprint density at radius 3 is 2.82 bits per heavy atom. The molecule has 86 valence electrons. The van der Waals surface area contributed by atoms with Crippen molar-refractivity contribution in [3.63, 3.8) is 0 Å². The van der Waals surface area contributed by atoms with Crippen molar-refractivity contribution in [2.45, 2.75) is 0 Å². The van der Waals surface area contributed by atoms with Gasteiger partial charge in [0.25, 0.3) is 5.69 Å². The number of hydrogen-bond acceptors (Lipinski definition) is 4. The summed E-state index contributed by atoms with van der Waals surface area (Å²) >= 11 is 3.34. The summed E-state index contributed by atoms with van der Waals surface area (Å²) in [5.74, 6) is 0.442. The third-order valence-electron chi connectivity index (χ3n) is 2.05. The minimum absolute atomic E-state index is 0.0116. The van der Waals surface area contributed by atoms with E-state index >= 15 is 0 Å². The summed E-state index contributed by atoms with van der Waals surface area (Å²) in [6.07, 6.45) is 1.40. The average Bonchev–Trinajstić information content (AvgIpc) is 2.29. The number of benzene rings is 1. The highest BCUT2D eigenvalue weighted by atomic mass is 79.9. The molecule has 5 nitrogen and oxygen atoms in total. The molecule has 0 atom stereocenters. The number of pyridine rings is 1. The van der Waals surface area contributed by atoms with E-state index in [1.165, 1.54) is 18.3 Å². The lowest BCUT2D eigenvalue weighted by atomic mass is 10.3. The van der Waals surface area contributed by atoms with E-state index in [9.17, 15) is 10.1 Å². The van der Waals surface area contributed by atoms with Crippen LogP contribution in [0.2, 0.25) is 0 Å². The van der Waals surface area contributed by atoms with E-state index in [1.807, 2.05) is 24.3 Å². The van der Waals surface area contributed by atoms with Crippen LogP contribution in [0, 0.1) is 10.1 Å². The molecule has 0 aliphatic heterocycles. The van der Waals surface area contributed by atoms with Gasteiger partial charge in [0.1, 0.15) is 5.82 Å². The Morgan fingerprint density at radius 1 is 1.29 bits per heavy atom. The first-order chi connectivity index (χ1) is 8.15. The molecule has 1 N–H and O–H groups in total. The SMILES string of the molecule is O=[N+]([O-])c1ccnc(Nc2cccc(Br)c2)c1. The van der Waals surface area contributed by atoms with Crippen molar-refractivity contribution in [3.8, 4) is 0 Å². The maximum absolute atomic E-state index is 10.6. The van der Waals surface area contributed by atoms with E-state index in [0.29, 0.717) is 5.82 Å². The van der Waals surface area contributed by atoms with Gasteiger partial charge in [-0.05, 0) is 18.2 Å². The summed E-state index contributed by atoms with van der Waals surface area (Å²) in [6, 6.07) is 10.2. The normalized spacial score (nSPS) is 9.94. The Labute approximate surface area is 106 Å². The summed E-state index contributed by atoms with van der Waals surface area (Å²) < 4.78 is 0.924. The van der Waals surface area contributed by atoms with Crippen LogP contribution in [0.15, 0.2) is 47.1 Å². The van der Waals surface area contributed by atoms with E-state index in [2.05, 4.69) is 26.2 Å². The molecule has 6 heteroatoms. The van der Waals surface area contributed by atoms with E-state index < -0.39 is 4.92 Å². The zero-order chi connectivity index (χ0) is 12.3. The molecule has 0 saturated heterocycles. The van der Waals surface area contributed by atoms with Gasteiger partial charge in [-0.1, -0.05) is 22.0 Å². The van der Waals surface area contributed by atoms with Crippen LogP contribution in [-0.2, 0) is 0 Å². The number of hydrogen-bond donors (Lipinski definition) is 1. The van der Waals surface area contributed by atoms with Gasteiger partial charge in [0, 0.05) is 22.4 Å². The third-order valence-corrected chi connectivity index (χ3v) is 2.54. The number of nitrogens with zero attached hydrogens (tertiary/aromatic N) is 2.